The summed E-state index contributed by atoms with van der Waals surface area (Å²) in [6, 6.07) is 5.68. The topological polar surface area (TPSA) is 92.3 Å². The first-order valence-corrected chi connectivity index (χ1v) is 13.0. The molecule has 4 aromatic rings. The monoisotopic (exact) mass is 544 g/mol. The van der Waals surface area contributed by atoms with Crippen molar-refractivity contribution in [2.24, 2.45) is 0 Å². The predicted molar refractivity (Wildman–Crippen MR) is 147 cm³/mol. The highest BCUT2D eigenvalue weighted by Gasteiger charge is 2.21. The molecule has 0 aliphatic heterocycles. The van der Waals surface area contributed by atoms with Gasteiger partial charge in [0, 0.05) is 18.1 Å². The van der Waals surface area contributed by atoms with Crippen LogP contribution in [-0.2, 0) is 6.54 Å². The molecule has 0 bridgehead atoms. The summed E-state index contributed by atoms with van der Waals surface area (Å²) in [5.41, 5.74) is 3.06. The van der Waals surface area contributed by atoms with Crippen molar-refractivity contribution in [3.05, 3.63) is 62.8 Å². The number of nitrogens with zero attached hydrogens (tertiary/aromatic N) is 4. The Bertz CT molecular complexity index is 1390. The number of halogens is 2. The van der Waals surface area contributed by atoms with Crippen LogP contribution < -0.4 is 15.4 Å². The number of benzene rings is 1. The largest absolute Gasteiger partial charge is 0.495 e. The van der Waals surface area contributed by atoms with Crippen molar-refractivity contribution in [2.75, 3.05) is 30.8 Å². The van der Waals surface area contributed by atoms with Gasteiger partial charge in [-0.1, -0.05) is 43.1 Å². The Balaban J connectivity index is 1.57. The maximum absolute atomic E-state index is 13.2. The Labute approximate surface area is 223 Å². The zero-order valence-corrected chi connectivity index (χ0v) is 22.7. The molecule has 0 spiro atoms. The van der Waals surface area contributed by atoms with Crippen LogP contribution >= 0.6 is 34.5 Å². The first kappa shape index (κ1) is 26.1. The SMILES string of the molecule is CCN(CC)Cc1ccc(Nc2ncnc3c(C(=O)Nc4c(Cl)c(C)cc(OC)c4Cl)csc23)nc1. The van der Waals surface area contributed by atoms with Gasteiger partial charge in [0.25, 0.3) is 5.91 Å². The molecule has 0 aliphatic carbocycles. The summed E-state index contributed by atoms with van der Waals surface area (Å²) in [7, 11) is 1.51. The number of carbonyl (C=O) groups excluding carboxylic acids is 1. The fourth-order valence-electron chi connectivity index (χ4n) is 3.70. The second-order valence-electron chi connectivity index (χ2n) is 8.04. The third-order valence-corrected chi connectivity index (χ3v) is 7.62. The molecule has 0 unspecified atom stereocenters. The lowest BCUT2D eigenvalue weighted by molar-refractivity contribution is 0.102. The normalized spacial score (nSPS) is 11.2. The Morgan fingerprint density at radius 2 is 1.92 bits per heavy atom. The van der Waals surface area contributed by atoms with Gasteiger partial charge in [-0.15, -0.1) is 11.3 Å². The quantitative estimate of drug-likeness (QED) is 0.247. The number of rotatable bonds is 9. The van der Waals surface area contributed by atoms with Crippen molar-refractivity contribution >= 4 is 68.0 Å². The van der Waals surface area contributed by atoms with Crippen LogP contribution in [0, 0.1) is 6.92 Å². The van der Waals surface area contributed by atoms with Crippen LogP contribution in [0.4, 0.5) is 17.3 Å². The van der Waals surface area contributed by atoms with Crippen molar-refractivity contribution in [1.29, 1.82) is 0 Å². The average Bonchev–Trinajstić information content (AvgIpc) is 3.33. The Hall–Kier alpha value is -2.98. The van der Waals surface area contributed by atoms with E-state index >= 15 is 0 Å². The molecule has 0 radical (unpaired) electrons. The number of amides is 1. The van der Waals surface area contributed by atoms with Gasteiger partial charge in [0.05, 0.1) is 33.6 Å². The van der Waals surface area contributed by atoms with Gasteiger partial charge in [-0.05, 0) is 43.3 Å². The molecule has 188 valence electrons. The van der Waals surface area contributed by atoms with E-state index in [-0.39, 0.29) is 10.9 Å². The lowest BCUT2D eigenvalue weighted by atomic mass is 10.2. The van der Waals surface area contributed by atoms with Crippen LogP contribution in [0.25, 0.3) is 10.2 Å². The molecular formula is C25H26Cl2N6O2S. The van der Waals surface area contributed by atoms with E-state index in [9.17, 15) is 4.79 Å². The first-order chi connectivity index (χ1) is 17.4. The number of fused-ring (bicyclic) bond motifs is 1. The number of anilines is 3. The number of aryl methyl sites for hydroxylation is 1. The summed E-state index contributed by atoms with van der Waals surface area (Å²) in [5, 5.41) is 8.37. The predicted octanol–water partition coefficient (Wildman–Crippen LogP) is 6.55. The van der Waals surface area contributed by atoms with E-state index in [1.54, 1.807) is 11.4 Å². The molecular weight excluding hydrogens is 519 g/mol. The van der Waals surface area contributed by atoms with E-state index < -0.39 is 0 Å². The number of aromatic nitrogens is 3. The summed E-state index contributed by atoms with van der Waals surface area (Å²) >= 11 is 14.2. The molecule has 0 saturated carbocycles. The zero-order chi connectivity index (χ0) is 25.8. The highest BCUT2D eigenvalue weighted by molar-refractivity contribution is 7.18. The molecule has 2 N–H and O–H groups in total. The Morgan fingerprint density at radius 1 is 1.14 bits per heavy atom. The average molecular weight is 545 g/mol. The standard InChI is InChI=1S/C25H26Cl2N6O2S/c1-5-33(6-2)11-15-7-8-18(28-10-15)31-24-23-21(29-13-30-24)16(12-36-23)25(34)32-22-19(26)14(3)9-17(35-4)20(22)27/h7-10,12-13H,5-6,11H2,1-4H3,(H,32,34)(H,28,29,30,31). The van der Waals surface area contributed by atoms with E-state index in [2.05, 4.69) is 44.3 Å². The van der Waals surface area contributed by atoms with Crippen LogP contribution in [-0.4, -0.2) is 46.0 Å². The second-order valence-corrected chi connectivity index (χ2v) is 9.68. The van der Waals surface area contributed by atoms with E-state index in [0.29, 0.717) is 39.2 Å². The molecule has 3 heterocycles. The maximum Gasteiger partial charge on any atom is 0.258 e. The van der Waals surface area contributed by atoms with Crippen LogP contribution in [0.3, 0.4) is 0 Å². The number of methoxy groups -OCH3 is 1. The minimum absolute atomic E-state index is 0.230. The highest BCUT2D eigenvalue weighted by atomic mass is 35.5. The minimum atomic E-state index is -0.388. The summed E-state index contributed by atoms with van der Waals surface area (Å²) in [5.74, 6) is 1.26. The number of thiophene rings is 1. The third-order valence-electron chi connectivity index (χ3n) is 5.78. The number of hydrogen-bond acceptors (Lipinski definition) is 8. The number of carbonyl (C=O) groups is 1. The van der Waals surface area contributed by atoms with Crippen molar-refractivity contribution in [3.8, 4) is 5.75 Å². The summed E-state index contributed by atoms with van der Waals surface area (Å²) in [6.07, 6.45) is 3.27. The van der Waals surface area contributed by atoms with Crippen LogP contribution in [0.5, 0.6) is 5.75 Å². The van der Waals surface area contributed by atoms with Crippen LogP contribution in [0.2, 0.25) is 10.0 Å². The molecule has 3 aromatic heterocycles. The Kier molecular flexibility index (Phi) is 8.25. The smallest absolute Gasteiger partial charge is 0.258 e. The number of hydrogen-bond donors (Lipinski definition) is 2. The fourth-order valence-corrected chi connectivity index (χ4v) is 5.16. The van der Waals surface area contributed by atoms with Gasteiger partial charge >= 0.3 is 0 Å². The van der Waals surface area contributed by atoms with Gasteiger partial charge < -0.3 is 15.4 Å². The van der Waals surface area contributed by atoms with Crippen molar-refractivity contribution in [2.45, 2.75) is 27.3 Å². The minimum Gasteiger partial charge on any atom is -0.495 e. The summed E-state index contributed by atoms with van der Waals surface area (Å²) in [4.78, 5) is 28.8. The maximum atomic E-state index is 13.2. The van der Waals surface area contributed by atoms with Gasteiger partial charge in [0.15, 0.2) is 5.82 Å². The second kappa shape index (κ2) is 11.4. The summed E-state index contributed by atoms with van der Waals surface area (Å²) in [6.45, 7) is 8.92. The van der Waals surface area contributed by atoms with Crippen molar-refractivity contribution in [3.63, 3.8) is 0 Å². The first-order valence-electron chi connectivity index (χ1n) is 11.4. The van der Waals surface area contributed by atoms with Crippen LogP contribution in [0.1, 0.15) is 35.3 Å². The molecule has 0 fully saturated rings. The molecule has 0 atom stereocenters. The molecule has 1 amide bonds. The molecule has 0 saturated heterocycles. The molecule has 4 rings (SSSR count). The zero-order valence-electron chi connectivity index (χ0n) is 20.4. The molecule has 8 nitrogen and oxygen atoms in total. The van der Waals surface area contributed by atoms with Gasteiger partial charge in [-0.25, -0.2) is 15.0 Å². The number of pyridine rings is 1. The lowest BCUT2D eigenvalue weighted by Gasteiger charge is -2.17. The molecule has 1 aromatic carbocycles. The third kappa shape index (κ3) is 5.39. The number of nitrogens with one attached hydrogen (secondary N) is 2. The lowest BCUT2D eigenvalue weighted by Crippen LogP contribution is -2.22. The molecule has 0 aliphatic rings. The van der Waals surface area contributed by atoms with E-state index in [1.165, 1.54) is 24.8 Å². The summed E-state index contributed by atoms with van der Waals surface area (Å²) < 4.78 is 6.03. The highest BCUT2D eigenvalue weighted by Crippen LogP contribution is 2.41. The van der Waals surface area contributed by atoms with E-state index in [0.717, 1.165) is 35.5 Å². The fraction of sp³-hybridized carbons (Fsp3) is 0.280. The molecule has 11 heteroatoms. The van der Waals surface area contributed by atoms with E-state index in [1.807, 2.05) is 25.3 Å². The Morgan fingerprint density at radius 3 is 2.58 bits per heavy atom. The molecule has 36 heavy (non-hydrogen) atoms. The van der Waals surface area contributed by atoms with Gasteiger partial charge in [0.1, 0.15) is 22.9 Å². The van der Waals surface area contributed by atoms with Gasteiger partial charge in [-0.3, -0.25) is 9.69 Å². The number of ether oxygens (including phenoxy) is 1. The van der Waals surface area contributed by atoms with Gasteiger partial charge in [0.2, 0.25) is 0 Å². The van der Waals surface area contributed by atoms with Crippen LogP contribution in [0.15, 0.2) is 36.1 Å². The van der Waals surface area contributed by atoms with Crippen molar-refractivity contribution in [1.82, 2.24) is 19.9 Å². The van der Waals surface area contributed by atoms with Gasteiger partial charge in [-0.2, -0.15) is 0 Å². The van der Waals surface area contributed by atoms with Crippen molar-refractivity contribution < 1.29 is 9.53 Å². The van der Waals surface area contributed by atoms with E-state index in [4.69, 9.17) is 27.9 Å².